The van der Waals surface area contributed by atoms with Crippen LogP contribution in [0, 0.1) is 6.92 Å². The van der Waals surface area contributed by atoms with Gasteiger partial charge in [-0.25, -0.2) is 13.1 Å². The molecule has 0 aliphatic heterocycles. The molecule has 0 atom stereocenters. The Bertz CT molecular complexity index is 1130. The third-order valence-electron chi connectivity index (χ3n) is 4.26. The van der Waals surface area contributed by atoms with Crippen LogP contribution in [0.1, 0.15) is 21.5 Å². The first-order valence-corrected chi connectivity index (χ1v) is 11.1. The summed E-state index contributed by atoms with van der Waals surface area (Å²) in [5.74, 6) is -0.681. The Labute approximate surface area is 181 Å². The van der Waals surface area contributed by atoms with Crippen LogP contribution in [0.5, 0.6) is 0 Å². The van der Waals surface area contributed by atoms with Gasteiger partial charge in [0.25, 0.3) is 15.9 Å². The van der Waals surface area contributed by atoms with E-state index in [-0.39, 0.29) is 10.5 Å². The SMILES string of the molecule is Cc1ccc(CNC(=S)Nc2ccc(S(=O)(=O)NC(=O)c3ccccc3)cc2)cc1. The van der Waals surface area contributed by atoms with E-state index in [4.69, 9.17) is 12.2 Å². The molecule has 3 rings (SSSR count). The molecule has 30 heavy (non-hydrogen) atoms. The normalized spacial score (nSPS) is 10.8. The summed E-state index contributed by atoms with van der Waals surface area (Å²) in [4.78, 5) is 12.1. The fourth-order valence-corrected chi connectivity index (χ4v) is 3.77. The number of benzene rings is 3. The smallest absolute Gasteiger partial charge is 0.264 e. The van der Waals surface area contributed by atoms with Gasteiger partial charge in [0, 0.05) is 17.8 Å². The van der Waals surface area contributed by atoms with Gasteiger partial charge in [-0.2, -0.15) is 0 Å². The molecule has 8 heteroatoms. The van der Waals surface area contributed by atoms with Gasteiger partial charge in [0.05, 0.1) is 4.90 Å². The zero-order valence-corrected chi connectivity index (χ0v) is 17.9. The first kappa shape index (κ1) is 21.5. The Morgan fingerprint density at radius 1 is 0.900 bits per heavy atom. The third kappa shape index (κ3) is 5.88. The van der Waals surface area contributed by atoms with Gasteiger partial charge >= 0.3 is 0 Å². The lowest BCUT2D eigenvalue weighted by Crippen LogP contribution is -2.30. The molecule has 0 unspecified atom stereocenters. The van der Waals surface area contributed by atoms with Crippen molar-refractivity contribution in [2.24, 2.45) is 0 Å². The number of carbonyl (C=O) groups is 1. The summed E-state index contributed by atoms with van der Waals surface area (Å²) in [7, 11) is -3.98. The average molecular weight is 440 g/mol. The summed E-state index contributed by atoms with van der Waals surface area (Å²) in [5.41, 5.74) is 3.18. The van der Waals surface area contributed by atoms with E-state index in [1.54, 1.807) is 42.5 Å². The van der Waals surface area contributed by atoms with Crippen molar-refractivity contribution in [2.75, 3.05) is 5.32 Å². The van der Waals surface area contributed by atoms with Gasteiger partial charge in [-0.1, -0.05) is 48.0 Å². The fourth-order valence-electron chi connectivity index (χ4n) is 2.61. The van der Waals surface area contributed by atoms with Gasteiger partial charge in [0.1, 0.15) is 0 Å². The van der Waals surface area contributed by atoms with E-state index in [1.165, 1.54) is 17.7 Å². The van der Waals surface area contributed by atoms with Crippen molar-refractivity contribution >= 4 is 38.9 Å². The fraction of sp³-hybridized carbons (Fsp3) is 0.0909. The minimum atomic E-state index is -3.98. The average Bonchev–Trinajstić information content (AvgIpc) is 2.74. The van der Waals surface area contributed by atoms with Crippen molar-refractivity contribution in [3.8, 4) is 0 Å². The number of amides is 1. The monoisotopic (exact) mass is 439 g/mol. The van der Waals surface area contributed by atoms with Crippen LogP contribution in [-0.2, 0) is 16.6 Å². The second-order valence-corrected chi connectivity index (χ2v) is 8.71. The van der Waals surface area contributed by atoms with Crippen LogP contribution in [-0.4, -0.2) is 19.4 Å². The van der Waals surface area contributed by atoms with Gasteiger partial charge in [-0.15, -0.1) is 0 Å². The molecular formula is C22H21N3O3S2. The van der Waals surface area contributed by atoms with Crippen molar-refractivity contribution in [3.05, 3.63) is 95.6 Å². The van der Waals surface area contributed by atoms with Crippen LogP contribution in [0.2, 0.25) is 0 Å². The molecule has 0 fully saturated rings. The van der Waals surface area contributed by atoms with Gasteiger partial charge in [0.15, 0.2) is 5.11 Å². The van der Waals surface area contributed by atoms with E-state index >= 15 is 0 Å². The largest absolute Gasteiger partial charge is 0.358 e. The number of hydrogen-bond donors (Lipinski definition) is 3. The van der Waals surface area contributed by atoms with Crippen molar-refractivity contribution in [3.63, 3.8) is 0 Å². The van der Waals surface area contributed by atoms with Crippen molar-refractivity contribution in [1.82, 2.24) is 10.0 Å². The number of aryl methyl sites for hydroxylation is 1. The predicted octanol–water partition coefficient (Wildman–Crippen LogP) is 3.60. The van der Waals surface area contributed by atoms with Crippen LogP contribution in [0.3, 0.4) is 0 Å². The van der Waals surface area contributed by atoms with Crippen LogP contribution in [0.4, 0.5) is 5.69 Å². The molecule has 0 heterocycles. The number of carbonyl (C=O) groups excluding carboxylic acids is 1. The van der Waals surface area contributed by atoms with Crippen LogP contribution in [0.25, 0.3) is 0 Å². The highest BCUT2D eigenvalue weighted by Gasteiger charge is 2.18. The molecule has 3 N–H and O–H groups in total. The highest BCUT2D eigenvalue weighted by atomic mass is 32.2. The van der Waals surface area contributed by atoms with E-state index in [1.807, 2.05) is 31.2 Å². The molecule has 0 saturated carbocycles. The Morgan fingerprint density at radius 3 is 2.17 bits per heavy atom. The third-order valence-corrected chi connectivity index (χ3v) is 5.85. The summed E-state index contributed by atoms with van der Waals surface area (Å²) in [6.45, 7) is 2.60. The zero-order valence-electron chi connectivity index (χ0n) is 16.3. The molecule has 6 nitrogen and oxygen atoms in total. The Morgan fingerprint density at radius 2 is 1.53 bits per heavy atom. The van der Waals surface area contributed by atoms with Gasteiger partial charge in [-0.3, -0.25) is 4.79 Å². The topological polar surface area (TPSA) is 87.3 Å². The van der Waals surface area contributed by atoms with E-state index in [2.05, 4.69) is 15.4 Å². The van der Waals surface area contributed by atoms with Crippen molar-refractivity contribution in [2.45, 2.75) is 18.4 Å². The number of nitrogens with one attached hydrogen (secondary N) is 3. The molecule has 154 valence electrons. The summed E-state index contributed by atoms with van der Waals surface area (Å²) in [5, 5.41) is 6.53. The lowest BCUT2D eigenvalue weighted by atomic mass is 10.1. The Kier molecular flexibility index (Phi) is 6.81. The predicted molar refractivity (Wildman–Crippen MR) is 122 cm³/mol. The Balaban J connectivity index is 1.57. The minimum Gasteiger partial charge on any atom is -0.358 e. The molecule has 0 spiro atoms. The second-order valence-electron chi connectivity index (χ2n) is 6.62. The van der Waals surface area contributed by atoms with E-state index in [9.17, 15) is 13.2 Å². The minimum absolute atomic E-state index is 0.0177. The molecule has 3 aromatic carbocycles. The highest BCUT2D eigenvalue weighted by molar-refractivity contribution is 7.90. The number of hydrogen-bond acceptors (Lipinski definition) is 4. The molecule has 3 aromatic rings. The number of sulfonamides is 1. The maximum atomic E-state index is 12.4. The standard InChI is InChI=1S/C22H21N3O3S2/c1-16-7-9-17(10-8-16)15-23-22(29)24-19-11-13-20(14-12-19)30(27,28)25-21(26)18-5-3-2-4-6-18/h2-14H,15H2,1H3,(H,25,26)(H2,23,24,29). The highest BCUT2D eigenvalue weighted by Crippen LogP contribution is 2.15. The molecule has 1 amide bonds. The van der Waals surface area contributed by atoms with Crippen molar-refractivity contribution < 1.29 is 13.2 Å². The van der Waals surface area contributed by atoms with Crippen LogP contribution < -0.4 is 15.4 Å². The van der Waals surface area contributed by atoms with Crippen LogP contribution >= 0.6 is 12.2 Å². The van der Waals surface area contributed by atoms with Gasteiger partial charge < -0.3 is 10.6 Å². The van der Waals surface area contributed by atoms with E-state index in [0.29, 0.717) is 17.3 Å². The first-order valence-electron chi connectivity index (χ1n) is 9.16. The maximum Gasteiger partial charge on any atom is 0.264 e. The summed E-state index contributed by atoms with van der Waals surface area (Å²) in [6.07, 6.45) is 0. The molecule has 0 aliphatic rings. The summed E-state index contributed by atoms with van der Waals surface area (Å²) < 4.78 is 27.0. The van der Waals surface area contributed by atoms with E-state index < -0.39 is 15.9 Å². The molecular weight excluding hydrogens is 418 g/mol. The molecule has 0 aliphatic carbocycles. The lowest BCUT2D eigenvalue weighted by Gasteiger charge is -2.12. The van der Waals surface area contributed by atoms with Gasteiger partial charge in [-0.05, 0) is 61.1 Å². The molecule has 0 radical (unpaired) electrons. The number of anilines is 1. The molecule has 0 saturated heterocycles. The lowest BCUT2D eigenvalue weighted by molar-refractivity contribution is 0.0981. The number of rotatable bonds is 6. The Hall–Kier alpha value is -3.23. The summed E-state index contributed by atoms with van der Waals surface area (Å²) >= 11 is 5.28. The zero-order chi connectivity index (χ0) is 21.6. The van der Waals surface area contributed by atoms with Crippen molar-refractivity contribution in [1.29, 1.82) is 0 Å². The quantitative estimate of drug-likeness (QED) is 0.509. The molecule has 0 aromatic heterocycles. The van der Waals surface area contributed by atoms with Gasteiger partial charge in [0.2, 0.25) is 0 Å². The second kappa shape index (κ2) is 9.51. The first-order chi connectivity index (χ1) is 14.3. The maximum absolute atomic E-state index is 12.4. The molecule has 0 bridgehead atoms. The van der Waals surface area contributed by atoms with Crippen LogP contribution in [0.15, 0.2) is 83.8 Å². The number of thiocarbonyl (C=S) groups is 1. The van der Waals surface area contributed by atoms with E-state index in [0.717, 1.165) is 5.56 Å². The summed E-state index contributed by atoms with van der Waals surface area (Å²) in [6, 6.07) is 22.3.